The van der Waals surface area contributed by atoms with E-state index in [1.165, 1.54) is 18.2 Å². The zero-order valence-corrected chi connectivity index (χ0v) is 17.2. The molecule has 2 bridgehead atoms. The minimum absolute atomic E-state index is 0.0206. The molecule has 4 saturated carbocycles. The minimum Gasteiger partial charge on any atom is -0.484 e. The lowest BCUT2D eigenvalue weighted by molar-refractivity contribution is -0.144. The van der Waals surface area contributed by atoms with Gasteiger partial charge in [0.05, 0.1) is 29.2 Å². The van der Waals surface area contributed by atoms with Gasteiger partial charge in [0.25, 0.3) is 5.91 Å². The summed E-state index contributed by atoms with van der Waals surface area (Å²) < 4.78 is 24.5. The van der Waals surface area contributed by atoms with E-state index in [-0.39, 0.29) is 45.9 Å². The van der Waals surface area contributed by atoms with Crippen LogP contribution in [0, 0.1) is 22.6 Å². The third kappa shape index (κ3) is 4.20. The van der Waals surface area contributed by atoms with Crippen molar-refractivity contribution in [2.75, 3.05) is 19.8 Å². The van der Waals surface area contributed by atoms with Crippen molar-refractivity contribution in [1.29, 1.82) is 5.26 Å². The second-order valence-electron chi connectivity index (χ2n) is 9.00. The number of carbonyl (C=O) groups is 1. The predicted molar refractivity (Wildman–Crippen MR) is 105 cm³/mol. The number of ether oxygens (including phenoxy) is 2. The lowest BCUT2D eigenvalue weighted by Gasteiger charge is -2.70. The molecular weight excluding hydrogens is 397 g/mol. The molecule has 29 heavy (non-hydrogen) atoms. The number of nitriles is 1. The first-order valence-electron chi connectivity index (χ1n) is 9.91. The highest BCUT2D eigenvalue weighted by atomic mass is 35.5. The van der Waals surface area contributed by atoms with Gasteiger partial charge in [-0.3, -0.25) is 4.79 Å². The molecule has 1 aromatic rings. The Hall–Kier alpha value is -1.88. The van der Waals surface area contributed by atoms with Crippen LogP contribution in [0.25, 0.3) is 0 Å². The second-order valence-corrected chi connectivity index (χ2v) is 9.41. The van der Waals surface area contributed by atoms with Crippen LogP contribution in [0.3, 0.4) is 0 Å². The lowest BCUT2D eigenvalue weighted by atomic mass is 9.44. The van der Waals surface area contributed by atoms with E-state index in [0.717, 1.165) is 38.6 Å². The molecule has 0 aliphatic heterocycles. The monoisotopic (exact) mass is 421 g/mol. The maximum atomic E-state index is 13.4. The summed E-state index contributed by atoms with van der Waals surface area (Å²) in [6, 6.07) is 6.43. The third-order valence-corrected chi connectivity index (χ3v) is 6.58. The maximum Gasteiger partial charge on any atom is 0.258 e. The first-order chi connectivity index (χ1) is 13.7. The number of rotatable bonds is 9. The van der Waals surface area contributed by atoms with Crippen molar-refractivity contribution in [2.45, 2.75) is 56.2 Å². The first kappa shape index (κ1) is 20.4. The third-order valence-electron chi connectivity index (χ3n) is 6.28. The predicted octanol–water partition coefficient (Wildman–Crippen LogP) is 2.95. The van der Waals surface area contributed by atoms with Crippen LogP contribution in [-0.2, 0) is 9.53 Å². The lowest BCUT2D eigenvalue weighted by Crippen LogP contribution is -2.83. The summed E-state index contributed by atoms with van der Waals surface area (Å²) in [5, 5.41) is 15.6. The average Bonchev–Trinajstić information content (AvgIpc) is 2.60. The van der Waals surface area contributed by atoms with E-state index in [0.29, 0.717) is 6.61 Å². The van der Waals surface area contributed by atoms with Crippen LogP contribution in [0.1, 0.15) is 39.0 Å². The molecule has 1 amide bonds. The van der Waals surface area contributed by atoms with Gasteiger partial charge >= 0.3 is 0 Å². The number of nitrogens with zero attached hydrogens (tertiary/aromatic N) is 1. The summed E-state index contributed by atoms with van der Waals surface area (Å²) in [7, 11) is 0. The van der Waals surface area contributed by atoms with Gasteiger partial charge < -0.3 is 20.1 Å². The molecule has 2 N–H and O–H groups in total. The SMILES string of the molecule is CC1(C#N)CC(OCCNC23CC(NC(=O)COc4ccc(Cl)c(F)c4)(C2)C3)C1. The molecule has 1 aromatic carbocycles. The highest BCUT2D eigenvalue weighted by Gasteiger charge is 2.68. The average molecular weight is 422 g/mol. The molecule has 0 heterocycles. The molecule has 0 aromatic heterocycles. The van der Waals surface area contributed by atoms with E-state index in [2.05, 4.69) is 16.7 Å². The quantitative estimate of drug-likeness (QED) is 0.599. The van der Waals surface area contributed by atoms with Gasteiger partial charge in [-0.05, 0) is 51.2 Å². The molecule has 0 unspecified atom stereocenters. The van der Waals surface area contributed by atoms with Gasteiger partial charge in [-0.2, -0.15) is 5.26 Å². The Kier molecular flexibility index (Phi) is 5.22. The van der Waals surface area contributed by atoms with Gasteiger partial charge in [-0.15, -0.1) is 0 Å². The van der Waals surface area contributed by atoms with Gasteiger partial charge in [0, 0.05) is 23.7 Å². The van der Waals surface area contributed by atoms with Gasteiger partial charge in [0.1, 0.15) is 11.6 Å². The minimum atomic E-state index is -0.572. The molecule has 0 radical (unpaired) electrons. The Morgan fingerprint density at radius 1 is 1.34 bits per heavy atom. The van der Waals surface area contributed by atoms with Crippen LogP contribution in [0.4, 0.5) is 4.39 Å². The van der Waals surface area contributed by atoms with Crippen LogP contribution in [-0.4, -0.2) is 42.8 Å². The van der Waals surface area contributed by atoms with E-state index in [1.807, 2.05) is 6.92 Å². The van der Waals surface area contributed by atoms with E-state index in [1.54, 1.807) is 0 Å². The molecule has 156 valence electrons. The fourth-order valence-electron chi connectivity index (χ4n) is 4.85. The Bertz CT molecular complexity index is 830. The summed E-state index contributed by atoms with van der Waals surface area (Å²) in [4.78, 5) is 12.1. The smallest absolute Gasteiger partial charge is 0.258 e. The number of hydrogen-bond acceptors (Lipinski definition) is 5. The van der Waals surface area contributed by atoms with E-state index < -0.39 is 5.82 Å². The molecule has 0 saturated heterocycles. The second kappa shape index (κ2) is 7.42. The topological polar surface area (TPSA) is 83.4 Å². The van der Waals surface area contributed by atoms with Crippen LogP contribution in [0.5, 0.6) is 5.75 Å². The number of nitrogens with one attached hydrogen (secondary N) is 2. The highest BCUT2D eigenvalue weighted by Crippen LogP contribution is 2.60. The van der Waals surface area contributed by atoms with Crippen molar-refractivity contribution in [3.8, 4) is 11.8 Å². The van der Waals surface area contributed by atoms with Crippen LogP contribution >= 0.6 is 11.6 Å². The largest absolute Gasteiger partial charge is 0.484 e. The van der Waals surface area contributed by atoms with Gasteiger partial charge in [-0.1, -0.05) is 11.6 Å². The number of carbonyl (C=O) groups excluding carboxylic acids is 1. The van der Waals surface area contributed by atoms with Crippen molar-refractivity contribution in [1.82, 2.24) is 10.6 Å². The molecule has 4 aliphatic carbocycles. The molecule has 5 rings (SSSR count). The zero-order valence-electron chi connectivity index (χ0n) is 16.4. The fraction of sp³-hybridized carbons (Fsp3) is 0.619. The van der Waals surface area contributed by atoms with Crippen LogP contribution < -0.4 is 15.4 Å². The van der Waals surface area contributed by atoms with Crippen molar-refractivity contribution >= 4 is 17.5 Å². The van der Waals surface area contributed by atoms with E-state index in [4.69, 9.17) is 26.3 Å². The zero-order chi connectivity index (χ0) is 20.7. The van der Waals surface area contributed by atoms with Gasteiger partial charge in [0.15, 0.2) is 6.61 Å². The van der Waals surface area contributed by atoms with Gasteiger partial charge in [-0.25, -0.2) is 4.39 Å². The normalized spacial score (nSPS) is 34.2. The maximum absolute atomic E-state index is 13.4. The fourth-order valence-corrected chi connectivity index (χ4v) is 4.97. The number of hydrogen-bond donors (Lipinski definition) is 2. The van der Waals surface area contributed by atoms with E-state index in [9.17, 15) is 9.18 Å². The molecule has 6 nitrogen and oxygen atoms in total. The molecule has 4 fully saturated rings. The van der Waals surface area contributed by atoms with Crippen LogP contribution in [0.2, 0.25) is 5.02 Å². The summed E-state index contributed by atoms with van der Waals surface area (Å²) in [6.45, 7) is 3.23. The van der Waals surface area contributed by atoms with Crippen molar-refractivity contribution in [3.05, 3.63) is 29.0 Å². The molecular formula is C21H25ClFN3O3. The van der Waals surface area contributed by atoms with Crippen molar-refractivity contribution < 1.29 is 18.7 Å². The Morgan fingerprint density at radius 3 is 2.72 bits per heavy atom. The van der Waals surface area contributed by atoms with Crippen molar-refractivity contribution in [3.63, 3.8) is 0 Å². The molecule has 0 spiro atoms. The van der Waals surface area contributed by atoms with Gasteiger partial charge in [0.2, 0.25) is 0 Å². The highest BCUT2D eigenvalue weighted by molar-refractivity contribution is 6.30. The number of benzene rings is 1. The van der Waals surface area contributed by atoms with E-state index >= 15 is 0 Å². The number of halogens is 2. The summed E-state index contributed by atoms with van der Waals surface area (Å²) in [5.41, 5.74) is -0.234. The number of amides is 1. The Balaban J connectivity index is 1.09. The molecule has 0 atom stereocenters. The summed E-state index contributed by atoms with van der Waals surface area (Å²) >= 11 is 5.63. The Morgan fingerprint density at radius 2 is 2.07 bits per heavy atom. The first-order valence-corrected chi connectivity index (χ1v) is 10.3. The summed E-state index contributed by atoms with van der Waals surface area (Å²) in [6.07, 6.45) is 4.53. The van der Waals surface area contributed by atoms with Crippen LogP contribution in [0.15, 0.2) is 18.2 Å². The molecule has 4 aliphatic rings. The summed E-state index contributed by atoms with van der Waals surface area (Å²) in [5.74, 6) is -0.501. The Labute approximate surface area is 174 Å². The standard InChI is InChI=1S/C21H25ClFN3O3/c1-19(13-24)7-15(8-19)28-5-4-25-20-10-21(11-20,12-20)26-18(27)9-29-14-2-3-16(22)17(23)6-14/h2-3,6,15,25H,4-5,7-12H2,1H3,(H,26,27). The molecule has 8 heteroatoms. The van der Waals surface area contributed by atoms with Crippen molar-refractivity contribution in [2.24, 2.45) is 5.41 Å².